The van der Waals surface area contributed by atoms with Gasteiger partial charge in [-0.05, 0) is 62.5 Å². The van der Waals surface area contributed by atoms with Crippen LogP contribution in [-0.4, -0.2) is 84.4 Å². The van der Waals surface area contributed by atoms with Crippen molar-refractivity contribution in [3.05, 3.63) is 71.8 Å². The van der Waals surface area contributed by atoms with Crippen molar-refractivity contribution in [2.75, 3.05) is 6.61 Å². The first-order valence-corrected chi connectivity index (χ1v) is 25.7. The summed E-state index contributed by atoms with van der Waals surface area (Å²) in [5.74, 6) is -1.81. The third-order valence-corrected chi connectivity index (χ3v) is 12.4. The Bertz CT molecular complexity index is 1650. The highest BCUT2D eigenvalue weighted by Gasteiger charge is 2.50. The molecule has 1 amide bonds. The predicted molar refractivity (Wildman–Crippen MR) is 247 cm³/mol. The number of carbonyl (C=O) groups is 3. The summed E-state index contributed by atoms with van der Waals surface area (Å²) in [4.78, 5) is 40.0. The zero-order valence-electron chi connectivity index (χ0n) is 38.5. The van der Waals surface area contributed by atoms with E-state index in [9.17, 15) is 37.6 Å². The summed E-state index contributed by atoms with van der Waals surface area (Å²) in [6.07, 6.45) is 15.7. The van der Waals surface area contributed by atoms with Crippen LogP contribution in [0.15, 0.2) is 60.7 Å². The number of rotatable bonds is 36. The van der Waals surface area contributed by atoms with Crippen molar-refractivity contribution < 1.29 is 56.0 Å². The second-order valence-electron chi connectivity index (χ2n) is 17.4. The third-order valence-electron chi connectivity index (χ3n) is 11.9. The lowest BCUT2D eigenvalue weighted by molar-refractivity contribution is -0.254. The molecule has 1 saturated heterocycles. The van der Waals surface area contributed by atoms with E-state index in [0.29, 0.717) is 19.3 Å². The molecule has 3 rings (SSSR count). The van der Waals surface area contributed by atoms with Crippen LogP contribution in [-0.2, 0) is 56.0 Å². The van der Waals surface area contributed by atoms with Gasteiger partial charge in [0.15, 0.2) is 12.4 Å². The van der Waals surface area contributed by atoms with E-state index in [-0.39, 0.29) is 19.3 Å². The van der Waals surface area contributed by atoms with Crippen LogP contribution >= 0.6 is 0 Å². The van der Waals surface area contributed by atoms with E-state index >= 15 is 0 Å². The number of unbranched alkanes of at least 4 members (excludes halogenated alkanes) is 18. The van der Waals surface area contributed by atoms with Crippen LogP contribution in [0.25, 0.3) is 0 Å². The fraction of sp³-hybridized carbons (Fsp3) is 0.700. The van der Waals surface area contributed by atoms with Crippen LogP contribution in [0, 0.1) is 0 Å². The van der Waals surface area contributed by atoms with Crippen molar-refractivity contribution >= 4 is 28.2 Å². The van der Waals surface area contributed by atoms with Gasteiger partial charge in [0, 0.05) is 12.8 Å². The molecule has 0 spiro atoms. The number of hydrogen-bond donors (Lipinski definition) is 4. The lowest BCUT2D eigenvalue weighted by atomic mass is 9.96. The van der Waals surface area contributed by atoms with Gasteiger partial charge in [0.25, 0.3) is 0 Å². The van der Waals surface area contributed by atoms with Gasteiger partial charge in [0.2, 0.25) is 5.91 Å². The molecule has 1 heterocycles. The maximum atomic E-state index is 13.7. The maximum Gasteiger partial charge on any atom is 0.397 e. The number of carbonyl (C=O) groups excluding carboxylic acids is 3. The van der Waals surface area contributed by atoms with Crippen LogP contribution < -0.4 is 5.32 Å². The minimum atomic E-state index is -5.17. The normalized spacial score (nSPS) is 19.2. The molecule has 1 fully saturated rings. The number of hydrogen-bond acceptors (Lipinski definition) is 11. The summed E-state index contributed by atoms with van der Waals surface area (Å²) in [7, 11) is -5.17. The Morgan fingerprint density at radius 3 is 1.62 bits per heavy atom. The Kier molecular flexibility index (Phi) is 28.4. The Hall–Kier alpha value is -3.40. The molecule has 0 aromatic heterocycles. The molecule has 64 heavy (non-hydrogen) atoms. The van der Waals surface area contributed by atoms with E-state index < -0.39 is 71.6 Å². The molecule has 2 aromatic rings. The molecular weight excluding hydrogens is 839 g/mol. The second-order valence-corrected chi connectivity index (χ2v) is 18.5. The third kappa shape index (κ3) is 24.8. The van der Waals surface area contributed by atoms with Crippen molar-refractivity contribution in [2.45, 2.75) is 217 Å². The highest BCUT2D eigenvalue weighted by molar-refractivity contribution is 7.80. The van der Waals surface area contributed by atoms with Crippen molar-refractivity contribution in [1.29, 1.82) is 0 Å². The Morgan fingerprint density at radius 2 is 1.12 bits per heavy atom. The van der Waals surface area contributed by atoms with E-state index in [1.54, 1.807) is 0 Å². The molecule has 0 radical (unpaired) electrons. The molecule has 6 atom stereocenters. The first-order valence-electron chi connectivity index (χ1n) is 24.3. The molecule has 1 aliphatic rings. The molecular formula is C50H79NO12S. The molecule has 2 aromatic carbocycles. The highest BCUT2D eigenvalue weighted by atomic mass is 32.3. The Labute approximate surface area is 383 Å². The lowest BCUT2D eigenvalue weighted by Gasteiger charge is -2.43. The first kappa shape index (κ1) is 54.9. The lowest BCUT2D eigenvalue weighted by Crippen LogP contribution is -2.66. The number of aliphatic hydroxyl groups excluding tert-OH is 2. The molecule has 13 nitrogen and oxygen atoms in total. The van der Waals surface area contributed by atoms with Gasteiger partial charge in [-0.2, -0.15) is 8.42 Å². The first-order chi connectivity index (χ1) is 31.0. The van der Waals surface area contributed by atoms with Gasteiger partial charge in [0.05, 0.1) is 13.0 Å². The number of aryl methyl sites for hydroxylation is 2. The Balaban J connectivity index is 1.55. The average molecular weight is 918 g/mol. The standard InChI is InChI=1S/C50H79NO12S/c1-2-3-4-5-6-7-8-15-26-35-42(60-45(54)36-27-16-11-9-13-20-29-40-31-22-18-23-32-40)38-44(53)51-47-49(48(63-64(57,58)59)43(39-52)61-50(47)56)62-46(55)37-28-17-12-10-14-21-30-41-33-24-19-25-34-41/h18-19,22-25,31-34,42-43,47-50,52,56H,2-17,20-21,26-30,35-39H2,1H3,(H,51,53)(H,57,58,59)/t42-,43-,47-,48-,49-,50?/m1/s1. The molecule has 14 heteroatoms. The number of amides is 1. The van der Waals surface area contributed by atoms with Crippen molar-refractivity contribution in [3.63, 3.8) is 0 Å². The summed E-state index contributed by atoms with van der Waals surface area (Å²) in [5.41, 5.74) is 2.64. The van der Waals surface area contributed by atoms with Gasteiger partial charge >= 0.3 is 22.3 Å². The van der Waals surface area contributed by atoms with E-state index in [4.69, 9.17) is 18.4 Å². The van der Waals surface area contributed by atoms with Crippen LogP contribution in [0.4, 0.5) is 0 Å². The van der Waals surface area contributed by atoms with Crippen molar-refractivity contribution in [2.24, 2.45) is 0 Å². The number of esters is 2. The van der Waals surface area contributed by atoms with Crippen molar-refractivity contribution in [3.8, 4) is 0 Å². The number of nitrogens with one attached hydrogen (secondary N) is 1. The van der Waals surface area contributed by atoms with Crippen LogP contribution in [0.5, 0.6) is 0 Å². The molecule has 0 saturated carbocycles. The highest BCUT2D eigenvalue weighted by Crippen LogP contribution is 2.28. The molecule has 1 unspecified atom stereocenters. The second kappa shape index (κ2) is 33.1. The minimum absolute atomic E-state index is 0.0362. The monoisotopic (exact) mass is 918 g/mol. The topological polar surface area (TPSA) is 195 Å². The summed E-state index contributed by atoms with van der Waals surface area (Å²) in [6, 6.07) is 19.1. The van der Waals surface area contributed by atoms with Gasteiger partial charge in [-0.3, -0.25) is 18.9 Å². The molecule has 0 aliphatic carbocycles. The molecule has 1 aliphatic heterocycles. The number of aliphatic hydroxyl groups is 2. The van der Waals surface area contributed by atoms with Crippen LogP contribution in [0.1, 0.15) is 179 Å². The maximum absolute atomic E-state index is 13.7. The number of benzene rings is 2. The SMILES string of the molecule is CCCCCCCCCCC[C@H](CC(=O)N[C@H]1C(O)O[C@H](CO)[C@@H](OS(=O)(=O)O)[C@@H]1OC(=O)CCCCCCCCc1ccccc1)OC(=O)CCCCCCCCc1ccccc1. The minimum Gasteiger partial charge on any atom is -0.462 e. The average Bonchev–Trinajstić information content (AvgIpc) is 3.27. The van der Waals surface area contributed by atoms with Gasteiger partial charge in [0.1, 0.15) is 24.4 Å². The summed E-state index contributed by atoms with van der Waals surface area (Å²) in [5, 5.41) is 23.6. The van der Waals surface area contributed by atoms with E-state index in [2.05, 4.69) is 48.6 Å². The molecule has 362 valence electrons. The number of ether oxygens (including phenoxy) is 3. The predicted octanol–water partition coefficient (Wildman–Crippen LogP) is 9.45. The summed E-state index contributed by atoms with van der Waals surface area (Å²) >= 11 is 0. The zero-order chi connectivity index (χ0) is 46.3. The van der Waals surface area contributed by atoms with E-state index in [1.807, 2.05) is 24.3 Å². The summed E-state index contributed by atoms with van der Waals surface area (Å²) < 4.78 is 55.3. The quantitative estimate of drug-likeness (QED) is 0.0288. The van der Waals surface area contributed by atoms with Gasteiger partial charge in [-0.25, -0.2) is 4.18 Å². The summed E-state index contributed by atoms with van der Waals surface area (Å²) in [6.45, 7) is 1.33. The van der Waals surface area contributed by atoms with E-state index in [0.717, 1.165) is 103 Å². The van der Waals surface area contributed by atoms with Crippen molar-refractivity contribution in [1.82, 2.24) is 5.32 Å². The van der Waals surface area contributed by atoms with Gasteiger partial charge in [-0.15, -0.1) is 0 Å². The smallest absolute Gasteiger partial charge is 0.397 e. The fourth-order valence-electron chi connectivity index (χ4n) is 8.31. The molecule has 0 bridgehead atoms. The molecule has 4 N–H and O–H groups in total. The van der Waals surface area contributed by atoms with Gasteiger partial charge < -0.3 is 29.7 Å². The van der Waals surface area contributed by atoms with Crippen LogP contribution in [0.3, 0.4) is 0 Å². The zero-order valence-corrected chi connectivity index (χ0v) is 39.3. The van der Waals surface area contributed by atoms with Gasteiger partial charge in [-0.1, -0.05) is 170 Å². The largest absolute Gasteiger partial charge is 0.462 e. The fourth-order valence-corrected chi connectivity index (χ4v) is 8.82. The Morgan fingerprint density at radius 1 is 0.656 bits per heavy atom. The van der Waals surface area contributed by atoms with Crippen LogP contribution in [0.2, 0.25) is 0 Å². The van der Waals surface area contributed by atoms with E-state index in [1.165, 1.54) is 43.2 Å².